The maximum atomic E-state index is 12.1. The van der Waals surface area contributed by atoms with Crippen molar-refractivity contribution >= 4 is 29.2 Å². The summed E-state index contributed by atoms with van der Waals surface area (Å²) in [5, 5.41) is 17.8. The Morgan fingerprint density at radius 2 is 1.43 bits per heavy atom. The van der Waals surface area contributed by atoms with E-state index in [-0.39, 0.29) is 5.91 Å². The fourth-order valence-electron chi connectivity index (χ4n) is 3.05. The highest BCUT2D eigenvalue weighted by molar-refractivity contribution is 6.27. The lowest BCUT2D eigenvalue weighted by atomic mass is 10.2. The molecule has 3 rings (SSSR count). The number of carbonyl (C=O) groups excluding carboxylic acids is 1. The highest BCUT2D eigenvalue weighted by Crippen LogP contribution is 2.16. The smallest absolute Gasteiger partial charge is 0.414 e. The van der Waals surface area contributed by atoms with Crippen LogP contribution in [0.3, 0.4) is 0 Å². The quantitative estimate of drug-likeness (QED) is 0.645. The van der Waals surface area contributed by atoms with Crippen LogP contribution in [-0.2, 0) is 14.4 Å². The van der Waals surface area contributed by atoms with Crippen LogP contribution in [0.2, 0.25) is 0 Å². The number of aliphatic carboxylic acids is 2. The zero-order valence-corrected chi connectivity index (χ0v) is 17.0. The van der Waals surface area contributed by atoms with Crippen molar-refractivity contribution < 1.29 is 24.6 Å². The molecule has 0 atom stereocenters. The van der Waals surface area contributed by atoms with Crippen LogP contribution in [-0.4, -0.2) is 65.7 Å². The monoisotopic (exact) mass is 413 g/mol. The van der Waals surface area contributed by atoms with E-state index >= 15 is 0 Å². The Morgan fingerprint density at radius 1 is 0.867 bits per heavy atom. The number of piperazine rings is 1. The molecule has 1 aliphatic heterocycles. The van der Waals surface area contributed by atoms with E-state index in [4.69, 9.17) is 19.8 Å². The predicted molar refractivity (Wildman–Crippen MR) is 115 cm³/mol. The zero-order valence-electron chi connectivity index (χ0n) is 17.0. The number of carbonyl (C=O) groups is 3. The first-order chi connectivity index (χ1) is 14.4. The summed E-state index contributed by atoms with van der Waals surface area (Å²) < 4.78 is 0. The van der Waals surface area contributed by atoms with E-state index in [2.05, 4.69) is 39.4 Å². The number of rotatable bonds is 5. The number of hydrogen-bond acceptors (Lipinski definition) is 5. The molecule has 0 aromatic heterocycles. The first-order valence-corrected chi connectivity index (χ1v) is 9.71. The van der Waals surface area contributed by atoms with Crippen LogP contribution in [0, 0.1) is 6.92 Å². The summed E-state index contributed by atoms with van der Waals surface area (Å²) in [4.78, 5) is 35.1. The van der Waals surface area contributed by atoms with Crippen molar-refractivity contribution in [2.45, 2.75) is 13.3 Å². The Bertz CT molecular complexity index is 837. The van der Waals surface area contributed by atoms with Crippen molar-refractivity contribution in [2.75, 3.05) is 42.9 Å². The molecule has 8 heteroatoms. The highest BCUT2D eigenvalue weighted by atomic mass is 16.4. The van der Waals surface area contributed by atoms with Crippen LogP contribution in [0.5, 0.6) is 0 Å². The molecule has 0 saturated carbocycles. The molecule has 1 fully saturated rings. The normalized spacial score (nSPS) is 13.7. The molecule has 160 valence electrons. The van der Waals surface area contributed by atoms with Gasteiger partial charge in [-0.2, -0.15) is 0 Å². The molecule has 1 heterocycles. The van der Waals surface area contributed by atoms with Crippen molar-refractivity contribution in [2.24, 2.45) is 0 Å². The minimum absolute atomic E-state index is 0.0924. The second kappa shape index (κ2) is 11.6. The largest absolute Gasteiger partial charge is 0.473 e. The molecular weight excluding hydrogens is 386 g/mol. The topological polar surface area (TPSA) is 110 Å². The molecule has 1 aliphatic rings. The summed E-state index contributed by atoms with van der Waals surface area (Å²) >= 11 is 0. The maximum Gasteiger partial charge on any atom is 0.414 e. The van der Waals surface area contributed by atoms with Gasteiger partial charge in [0.2, 0.25) is 5.91 Å². The highest BCUT2D eigenvalue weighted by Gasteiger charge is 2.17. The predicted octanol–water partition coefficient (Wildman–Crippen LogP) is 2.30. The number of para-hydroxylation sites is 2. The van der Waals surface area contributed by atoms with Crippen LogP contribution in [0.1, 0.15) is 12.0 Å². The van der Waals surface area contributed by atoms with Gasteiger partial charge >= 0.3 is 11.9 Å². The summed E-state index contributed by atoms with van der Waals surface area (Å²) in [6.07, 6.45) is 0.541. The third-order valence-electron chi connectivity index (χ3n) is 4.75. The number of anilines is 2. The summed E-state index contributed by atoms with van der Waals surface area (Å²) in [6.45, 7) is 6.88. The lowest BCUT2D eigenvalue weighted by Crippen LogP contribution is -2.47. The van der Waals surface area contributed by atoms with E-state index in [9.17, 15) is 4.79 Å². The van der Waals surface area contributed by atoms with Gasteiger partial charge in [0.05, 0.1) is 0 Å². The van der Waals surface area contributed by atoms with Crippen molar-refractivity contribution in [3.8, 4) is 0 Å². The van der Waals surface area contributed by atoms with Gasteiger partial charge in [0.1, 0.15) is 0 Å². The second-order valence-corrected chi connectivity index (χ2v) is 6.89. The number of hydrogen-bond donors (Lipinski definition) is 3. The van der Waals surface area contributed by atoms with Gasteiger partial charge in [-0.25, -0.2) is 9.59 Å². The second-order valence-electron chi connectivity index (χ2n) is 6.89. The molecule has 0 spiro atoms. The molecule has 8 nitrogen and oxygen atoms in total. The number of amides is 1. The summed E-state index contributed by atoms with van der Waals surface area (Å²) in [7, 11) is 0. The SMILES string of the molecule is Cc1ccccc1NC(=O)CCN1CCN(c2ccccc2)CC1.O=C(O)C(=O)O. The van der Waals surface area contributed by atoms with E-state index in [1.165, 1.54) is 5.69 Å². The average Bonchev–Trinajstić information content (AvgIpc) is 2.75. The first-order valence-electron chi connectivity index (χ1n) is 9.71. The zero-order chi connectivity index (χ0) is 21.9. The van der Waals surface area contributed by atoms with Crippen LogP contribution < -0.4 is 10.2 Å². The number of carboxylic acid groups (broad SMARTS) is 2. The Kier molecular flexibility index (Phi) is 8.83. The Morgan fingerprint density at radius 3 is 2.00 bits per heavy atom. The van der Waals surface area contributed by atoms with Crippen LogP contribution in [0.15, 0.2) is 54.6 Å². The van der Waals surface area contributed by atoms with Crippen molar-refractivity contribution in [1.82, 2.24) is 4.90 Å². The van der Waals surface area contributed by atoms with E-state index in [0.717, 1.165) is 44.0 Å². The van der Waals surface area contributed by atoms with Crippen LogP contribution >= 0.6 is 0 Å². The Balaban J connectivity index is 0.000000469. The number of benzene rings is 2. The number of aryl methyl sites for hydroxylation is 1. The molecule has 1 amide bonds. The maximum absolute atomic E-state index is 12.1. The number of carboxylic acids is 2. The van der Waals surface area contributed by atoms with Gasteiger partial charge < -0.3 is 20.4 Å². The van der Waals surface area contributed by atoms with Crippen LogP contribution in [0.25, 0.3) is 0 Å². The Hall–Kier alpha value is -3.39. The lowest BCUT2D eigenvalue weighted by molar-refractivity contribution is -0.159. The summed E-state index contributed by atoms with van der Waals surface area (Å²) in [5.41, 5.74) is 3.30. The molecular formula is C22H27N3O5. The van der Waals surface area contributed by atoms with Crippen LogP contribution in [0.4, 0.5) is 11.4 Å². The minimum atomic E-state index is -1.82. The van der Waals surface area contributed by atoms with Gasteiger partial charge in [0.15, 0.2) is 0 Å². The molecule has 2 aromatic rings. The molecule has 0 bridgehead atoms. The molecule has 0 aliphatic carbocycles. The first kappa shape index (κ1) is 22.9. The van der Waals surface area contributed by atoms with Crippen molar-refractivity contribution in [3.63, 3.8) is 0 Å². The fourth-order valence-corrected chi connectivity index (χ4v) is 3.05. The number of nitrogens with zero attached hydrogens (tertiary/aromatic N) is 2. The molecule has 0 unspecified atom stereocenters. The summed E-state index contributed by atoms with van der Waals surface area (Å²) in [5.74, 6) is -3.56. The van der Waals surface area contributed by atoms with Gasteiger partial charge in [-0.3, -0.25) is 9.69 Å². The molecule has 3 N–H and O–H groups in total. The van der Waals surface area contributed by atoms with E-state index < -0.39 is 11.9 Å². The third-order valence-corrected chi connectivity index (χ3v) is 4.75. The third kappa shape index (κ3) is 7.56. The Labute approximate surface area is 175 Å². The van der Waals surface area contributed by atoms with Crippen molar-refractivity contribution in [3.05, 3.63) is 60.2 Å². The van der Waals surface area contributed by atoms with Gasteiger partial charge in [0, 0.05) is 50.5 Å². The van der Waals surface area contributed by atoms with Gasteiger partial charge in [-0.15, -0.1) is 0 Å². The summed E-state index contributed by atoms with van der Waals surface area (Å²) in [6, 6.07) is 18.4. The standard InChI is InChI=1S/C20H25N3O.C2H2O4/c1-17-7-5-6-10-19(17)21-20(24)11-12-22-13-15-23(16-14-22)18-8-3-2-4-9-18;3-1(4)2(5)6/h2-10H,11-16H2,1H3,(H,21,24);(H,3,4)(H,5,6). The molecule has 0 radical (unpaired) electrons. The van der Waals surface area contributed by atoms with Gasteiger partial charge in [-0.05, 0) is 30.7 Å². The van der Waals surface area contributed by atoms with Crippen molar-refractivity contribution in [1.29, 1.82) is 0 Å². The van der Waals surface area contributed by atoms with Gasteiger partial charge in [-0.1, -0.05) is 36.4 Å². The van der Waals surface area contributed by atoms with Gasteiger partial charge in [0.25, 0.3) is 0 Å². The molecule has 30 heavy (non-hydrogen) atoms. The number of nitrogens with one attached hydrogen (secondary N) is 1. The minimum Gasteiger partial charge on any atom is -0.473 e. The molecule has 1 saturated heterocycles. The molecule has 2 aromatic carbocycles. The van der Waals surface area contributed by atoms with E-state index in [1.807, 2.05) is 37.3 Å². The fraction of sp³-hybridized carbons (Fsp3) is 0.318. The van der Waals surface area contributed by atoms with E-state index in [1.54, 1.807) is 0 Å². The lowest BCUT2D eigenvalue weighted by Gasteiger charge is -2.36. The average molecular weight is 413 g/mol. The van der Waals surface area contributed by atoms with E-state index in [0.29, 0.717) is 6.42 Å².